The third-order valence-corrected chi connectivity index (χ3v) is 9.57. The molecule has 222 valence electrons. The molecule has 0 atom stereocenters. The van der Waals surface area contributed by atoms with Crippen LogP contribution < -0.4 is 0 Å². The monoisotopic (exact) mass is 608 g/mol. The summed E-state index contributed by atoms with van der Waals surface area (Å²) in [5.41, 5.74) is 4.66. The summed E-state index contributed by atoms with van der Waals surface area (Å²) in [5.74, 6) is 0. The lowest BCUT2D eigenvalue weighted by atomic mass is 9.91. The highest BCUT2D eigenvalue weighted by Crippen LogP contribution is 2.39. The summed E-state index contributed by atoms with van der Waals surface area (Å²) in [6, 6.07) is 60.6. The SMILES string of the molecule is N#Cc1ccc(-c2ccc(-c3ccc4c5ccccc5c5ccccc5c5ccccc5c5c6ccccc6ccc5c4c3)cn2)cc1. The van der Waals surface area contributed by atoms with E-state index in [4.69, 9.17) is 4.98 Å². The molecule has 48 heavy (non-hydrogen) atoms. The highest BCUT2D eigenvalue weighted by atomic mass is 14.7. The van der Waals surface area contributed by atoms with Crippen LogP contribution in [0.3, 0.4) is 0 Å². The Balaban J connectivity index is 1.44. The summed E-state index contributed by atoms with van der Waals surface area (Å²) < 4.78 is 0. The van der Waals surface area contributed by atoms with E-state index >= 15 is 0 Å². The van der Waals surface area contributed by atoms with Crippen molar-refractivity contribution in [2.75, 3.05) is 0 Å². The van der Waals surface area contributed by atoms with Crippen molar-refractivity contribution in [1.82, 2.24) is 4.98 Å². The van der Waals surface area contributed by atoms with Crippen LogP contribution >= 0.6 is 0 Å². The molecule has 0 aliphatic heterocycles. The molecule has 0 spiro atoms. The minimum Gasteiger partial charge on any atom is -0.256 e. The molecule has 0 bridgehead atoms. The van der Waals surface area contributed by atoms with Crippen LogP contribution in [-0.4, -0.2) is 4.98 Å². The molecule has 0 aliphatic carbocycles. The molecule has 0 saturated heterocycles. The predicted octanol–water partition coefficient (Wildman–Crippen LogP) is 12.3. The molecule has 0 amide bonds. The maximum atomic E-state index is 9.20. The van der Waals surface area contributed by atoms with Crippen LogP contribution in [0.15, 0.2) is 170 Å². The van der Waals surface area contributed by atoms with Crippen molar-refractivity contribution in [2.24, 2.45) is 0 Å². The van der Waals surface area contributed by atoms with E-state index in [0.29, 0.717) is 5.56 Å². The average Bonchev–Trinajstić information content (AvgIpc) is 3.17. The molecule has 8 aromatic carbocycles. The molecule has 0 aliphatic rings. The van der Waals surface area contributed by atoms with Crippen LogP contribution in [0.2, 0.25) is 0 Å². The molecule has 9 rings (SSSR count). The largest absolute Gasteiger partial charge is 0.256 e. The van der Waals surface area contributed by atoms with E-state index in [1.54, 1.807) is 0 Å². The molecule has 0 fully saturated rings. The Labute approximate surface area is 278 Å². The Bertz CT molecular complexity index is 2820. The summed E-state index contributed by atoms with van der Waals surface area (Å²) in [6.07, 6.45) is 1.95. The normalized spacial score (nSPS) is 11.3. The zero-order valence-corrected chi connectivity index (χ0v) is 26.1. The second-order valence-corrected chi connectivity index (χ2v) is 12.2. The number of fused-ring (bicyclic) bond motifs is 12. The minimum absolute atomic E-state index is 0.642. The molecule has 1 aromatic heterocycles. The summed E-state index contributed by atoms with van der Waals surface area (Å²) in [6.45, 7) is 0. The lowest BCUT2D eigenvalue weighted by molar-refractivity contribution is 1.32. The van der Waals surface area contributed by atoms with Gasteiger partial charge < -0.3 is 0 Å². The number of pyridine rings is 1. The molecular weight excluding hydrogens is 581 g/mol. The standard InChI is InChI=1S/C46H28N2/c47-28-30-17-19-32(20-18-30)45-26-23-34(29-48-45)33-22-24-41-39-14-6-4-12-37(39)36-11-3-5-13-38(36)40-15-7-8-16-42(40)46-35-10-2-1-9-31(35)21-25-43(46)44(41)27-33/h1-27,29H. The van der Waals surface area contributed by atoms with Gasteiger partial charge >= 0.3 is 0 Å². The first kappa shape index (κ1) is 27.7. The minimum atomic E-state index is 0.642. The quantitative estimate of drug-likeness (QED) is 0.196. The van der Waals surface area contributed by atoms with E-state index in [0.717, 1.165) is 22.4 Å². The Kier molecular flexibility index (Phi) is 6.56. The van der Waals surface area contributed by atoms with E-state index in [9.17, 15) is 5.26 Å². The van der Waals surface area contributed by atoms with Gasteiger partial charge in [0.2, 0.25) is 0 Å². The Morgan fingerprint density at radius 2 is 0.854 bits per heavy atom. The molecular formula is C46H28N2. The van der Waals surface area contributed by atoms with E-state index in [1.807, 2.05) is 30.5 Å². The molecule has 0 saturated carbocycles. The second-order valence-electron chi connectivity index (χ2n) is 12.2. The first-order valence-electron chi connectivity index (χ1n) is 16.2. The van der Waals surface area contributed by atoms with E-state index in [2.05, 4.69) is 146 Å². The number of hydrogen-bond donors (Lipinski definition) is 0. The molecule has 2 heteroatoms. The summed E-state index contributed by atoms with van der Waals surface area (Å²) in [7, 11) is 0. The average molecular weight is 609 g/mol. The number of hydrogen-bond acceptors (Lipinski definition) is 2. The summed E-state index contributed by atoms with van der Waals surface area (Å²) in [5, 5.41) is 23.8. The zero-order chi connectivity index (χ0) is 32.0. The Hall–Kier alpha value is -6.56. The van der Waals surface area contributed by atoms with Gasteiger partial charge in [-0.2, -0.15) is 5.26 Å². The van der Waals surface area contributed by atoms with Crippen LogP contribution in [0.5, 0.6) is 0 Å². The predicted molar refractivity (Wildman–Crippen MR) is 202 cm³/mol. The number of aromatic nitrogens is 1. The first-order valence-corrected chi connectivity index (χ1v) is 16.2. The fourth-order valence-corrected chi connectivity index (χ4v) is 7.26. The van der Waals surface area contributed by atoms with Gasteiger partial charge in [0.05, 0.1) is 17.3 Å². The number of nitriles is 1. The van der Waals surface area contributed by atoms with Crippen LogP contribution in [0.1, 0.15) is 5.56 Å². The van der Waals surface area contributed by atoms with Gasteiger partial charge in [0.15, 0.2) is 0 Å². The van der Waals surface area contributed by atoms with Crippen molar-refractivity contribution in [3.05, 3.63) is 176 Å². The maximum absolute atomic E-state index is 9.20. The van der Waals surface area contributed by atoms with Crippen LogP contribution in [0.25, 0.3) is 87.0 Å². The number of benzene rings is 7. The van der Waals surface area contributed by atoms with E-state index < -0.39 is 0 Å². The topological polar surface area (TPSA) is 36.7 Å². The molecule has 0 N–H and O–H groups in total. The summed E-state index contributed by atoms with van der Waals surface area (Å²) >= 11 is 0. The van der Waals surface area contributed by atoms with Crippen molar-refractivity contribution in [1.29, 1.82) is 5.26 Å². The molecule has 1 heterocycles. The zero-order valence-electron chi connectivity index (χ0n) is 26.1. The maximum Gasteiger partial charge on any atom is 0.0991 e. The van der Waals surface area contributed by atoms with Gasteiger partial charge in [-0.15, -0.1) is 0 Å². The van der Waals surface area contributed by atoms with Gasteiger partial charge in [0.1, 0.15) is 0 Å². The lowest BCUT2D eigenvalue weighted by Crippen LogP contribution is -1.87. The van der Waals surface area contributed by atoms with Gasteiger partial charge in [-0.25, -0.2) is 0 Å². The molecule has 2 nitrogen and oxygen atoms in total. The third kappa shape index (κ3) is 4.53. The highest BCUT2D eigenvalue weighted by molar-refractivity contribution is 6.30. The van der Waals surface area contributed by atoms with Crippen LogP contribution in [0.4, 0.5) is 0 Å². The van der Waals surface area contributed by atoms with Gasteiger partial charge in [0, 0.05) is 17.3 Å². The highest BCUT2D eigenvalue weighted by Gasteiger charge is 2.12. The fraction of sp³-hybridized carbons (Fsp3) is 0. The van der Waals surface area contributed by atoms with Crippen molar-refractivity contribution >= 4 is 64.6 Å². The van der Waals surface area contributed by atoms with Crippen molar-refractivity contribution in [3.8, 4) is 28.5 Å². The summed E-state index contributed by atoms with van der Waals surface area (Å²) in [4.78, 5) is 4.85. The Morgan fingerprint density at radius 3 is 1.46 bits per heavy atom. The molecule has 0 radical (unpaired) electrons. The first-order chi connectivity index (χ1) is 23.8. The van der Waals surface area contributed by atoms with Gasteiger partial charge in [-0.05, 0) is 94.5 Å². The van der Waals surface area contributed by atoms with E-state index in [1.165, 1.54) is 64.6 Å². The van der Waals surface area contributed by atoms with Gasteiger partial charge in [0.25, 0.3) is 0 Å². The Morgan fingerprint density at radius 1 is 0.375 bits per heavy atom. The van der Waals surface area contributed by atoms with E-state index in [-0.39, 0.29) is 0 Å². The second kappa shape index (κ2) is 11.4. The van der Waals surface area contributed by atoms with Crippen molar-refractivity contribution < 1.29 is 0 Å². The van der Waals surface area contributed by atoms with Crippen LogP contribution in [0, 0.1) is 11.3 Å². The fourth-order valence-electron chi connectivity index (χ4n) is 7.26. The van der Waals surface area contributed by atoms with Crippen LogP contribution in [-0.2, 0) is 0 Å². The van der Waals surface area contributed by atoms with Gasteiger partial charge in [-0.3, -0.25) is 4.98 Å². The molecule has 0 unspecified atom stereocenters. The lowest BCUT2D eigenvalue weighted by Gasteiger charge is -2.13. The number of rotatable bonds is 2. The third-order valence-electron chi connectivity index (χ3n) is 9.57. The van der Waals surface area contributed by atoms with Crippen molar-refractivity contribution in [2.45, 2.75) is 0 Å². The smallest absolute Gasteiger partial charge is 0.0991 e. The number of nitrogens with zero attached hydrogens (tertiary/aromatic N) is 2. The van der Waals surface area contributed by atoms with Gasteiger partial charge in [-0.1, -0.05) is 140 Å². The molecule has 9 aromatic rings. The van der Waals surface area contributed by atoms with Crippen molar-refractivity contribution in [3.63, 3.8) is 0 Å².